The quantitative estimate of drug-likeness (QED) is 0.438. The summed E-state index contributed by atoms with van der Waals surface area (Å²) in [5.41, 5.74) is 0. The normalized spacial score (nSPS) is 10.6. The van der Waals surface area contributed by atoms with Crippen LogP contribution < -0.4 is 37.1 Å². The maximum absolute atomic E-state index is 5.27. The molecule has 0 aromatic heterocycles. The average Bonchev–Trinajstić information content (AvgIpc) is 2.65. The molecule has 2 nitrogen and oxygen atoms in total. The maximum atomic E-state index is 5.27. The van der Waals surface area contributed by atoms with Crippen molar-refractivity contribution in [1.29, 1.82) is 0 Å². The Labute approximate surface area is 169 Å². The van der Waals surface area contributed by atoms with E-state index in [0.717, 1.165) is 8.52 Å². The summed E-state index contributed by atoms with van der Waals surface area (Å²) < 4.78 is 7.38. The molecule has 0 radical (unpaired) electrons. The number of benzene rings is 3. The van der Waals surface area contributed by atoms with Crippen LogP contribution in [0.4, 0.5) is 0 Å². The fourth-order valence-electron chi connectivity index (χ4n) is 2.67. The molecule has 0 bridgehead atoms. The topological polar surface area (TPSA) is 17.3 Å². The molecule has 0 atom stereocenters. The first-order valence-corrected chi connectivity index (χ1v) is 10.4. The van der Waals surface area contributed by atoms with Gasteiger partial charge in [0.05, 0.1) is 15.9 Å². The van der Waals surface area contributed by atoms with E-state index in [4.69, 9.17) is 4.17 Å². The Balaban J connectivity index is 0.00000169. The van der Waals surface area contributed by atoms with Gasteiger partial charge < -0.3 is 17.0 Å². The number of hydrogen-bond donors (Lipinski definition) is 0. The van der Waals surface area contributed by atoms with Gasteiger partial charge in [-0.1, -0.05) is 66.2 Å². The van der Waals surface area contributed by atoms with Gasteiger partial charge in [-0.3, -0.25) is 0 Å². The molecule has 26 heavy (non-hydrogen) atoms. The fraction of sp³-hybridized carbons (Fsp3) is 0.143. The smallest absolute Gasteiger partial charge is 0.451 e. The Bertz CT molecular complexity index is 772. The molecule has 0 fully saturated rings. The first kappa shape index (κ1) is 22.6. The maximum Gasteiger partial charge on any atom is 0.451 e. The Morgan fingerprint density at radius 1 is 0.654 bits per heavy atom. The highest BCUT2D eigenvalue weighted by atomic mass is 79.9. The van der Waals surface area contributed by atoms with Gasteiger partial charge in [-0.2, -0.15) is 4.67 Å². The van der Waals surface area contributed by atoms with Crippen LogP contribution in [0.3, 0.4) is 0 Å². The zero-order valence-corrected chi connectivity index (χ0v) is 17.7. The molecule has 0 aliphatic carbocycles. The minimum absolute atomic E-state index is 0. The molecule has 3 rings (SSSR count). The van der Waals surface area contributed by atoms with Crippen molar-refractivity contribution in [2.24, 2.45) is 0 Å². The first-order valence-electron chi connectivity index (χ1n) is 7.90. The van der Waals surface area contributed by atoms with E-state index in [1.54, 1.807) is 0 Å². The van der Waals surface area contributed by atoms with Gasteiger partial charge in [-0.25, -0.2) is 0 Å². The predicted molar refractivity (Wildman–Crippen MR) is 115 cm³/mol. The van der Waals surface area contributed by atoms with E-state index >= 15 is 0 Å². The van der Waals surface area contributed by atoms with Crippen LogP contribution in [0, 0.1) is 0 Å². The highest BCUT2D eigenvalue weighted by Crippen LogP contribution is 2.42. The van der Waals surface area contributed by atoms with Gasteiger partial charge in [0.25, 0.3) is 0 Å². The van der Waals surface area contributed by atoms with Gasteiger partial charge in [0, 0.05) is 14.1 Å². The summed E-state index contributed by atoms with van der Waals surface area (Å²) in [4.78, 5) is 0. The predicted octanol–water partition coefficient (Wildman–Crippen LogP) is 1.48. The summed E-state index contributed by atoms with van der Waals surface area (Å²) in [5, 5.41) is 3.87. The lowest BCUT2D eigenvalue weighted by molar-refractivity contribution is -0.00000522. The van der Waals surface area contributed by atoms with Crippen LogP contribution in [0.2, 0.25) is 0 Å². The summed E-state index contributed by atoms with van der Waals surface area (Å²) in [5.74, 6) is 0. The SMILES string of the molecule is C.CN(C)P=[N+]=P(c1ccccc1)(c1ccccc1)c1ccccc1.[Br-]. The van der Waals surface area contributed by atoms with E-state index in [-0.39, 0.29) is 24.4 Å². The third-order valence-electron chi connectivity index (χ3n) is 3.74. The van der Waals surface area contributed by atoms with E-state index in [1.807, 2.05) is 0 Å². The van der Waals surface area contributed by atoms with Crippen molar-refractivity contribution in [3.8, 4) is 0 Å². The fourth-order valence-corrected chi connectivity index (χ4v) is 7.74. The standard InChI is InChI=1S/C20H21N2P2.CH4.BrH/c1-22(2)23-21-24(18-12-6-3-7-13-18,19-14-8-4-9-15-19)20-16-10-5-11-17-20;;/h3-17H,1-2H3;1H4;1H/q+1;;/p-1. The Kier molecular flexibility index (Phi) is 9.23. The van der Waals surface area contributed by atoms with Crippen molar-refractivity contribution in [3.05, 3.63) is 91.0 Å². The van der Waals surface area contributed by atoms with E-state index in [2.05, 4.69) is 110 Å². The lowest BCUT2D eigenvalue weighted by Gasteiger charge is -2.14. The molecule has 0 aliphatic rings. The number of nitrogens with zero attached hydrogens (tertiary/aromatic N) is 2. The Hall–Kier alpha value is -1.46. The summed E-state index contributed by atoms with van der Waals surface area (Å²) in [7, 11) is 3.05. The average molecular weight is 447 g/mol. The molecule has 0 aliphatic heterocycles. The highest BCUT2D eigenvalue weighted by molar-refractivity contribution is 7.87. The third kappa shape index (κ3) is 4.83. The van der Waals surface area contributed by atoms with Gasteiger partial charge in [-0.05, 0) is 36.4 Å². The Morgan fingerprint density at radius 2 is 0.962 bits per heavy atom. The number of rotatable bonds is 4. The molecular weight excluding hydrogens is 422 g/mol. The van der Waals surface area contributed by atoms with Crippen LogP contribution >= 0.6 is 15.6 Å². The second-order valence-corrected chi connectivity index (χ2v) is 10.2. The summed E-state index contributed by atoms with van der Waals surface area (Å²) in [6, 6.07) is 32.1. The van der Waals surface area contributed by atoms with E-state index in [9.17, 15) is 0 Å². The van der Waals surface area contributed by atoms with Crippen molar-refractivity contribution < 1.29 is 17.0 Å². The van der Waals surface area contributed by atoms with Gasteiger partial charge >= 0.3 is 15.6 Å². The monoisotopic (exact) mass is 446 g/mol. The van der Waals surface area contributed by atoms with Crippen LogP contribution in [0.15, 0.2) is 91.0 Å². The molecule has 0 amide bonds. The molecule has 0 spiro atoms. The van der Waals surface area contributed by atoms with Crippen LogP contribution in [0.25, 0.3) is 0 Å². The van der Waals surface area contributed by atoms with Crippen LogP contribution in [0.1, 0.15) is 7.43 Å². The van der Waals surface area contributed by atoms with E-state index < -0.39 is 7.05 Å². The van der Waals surface area contributed by atoms with Crippen LogP contribution in [0.5, 0.6) is 0 Å². The lowest BCUT2D eigenvalue weighted by atomic mass is 10.4. The Morgan fingerprint density at radius 3 is 1.23 bits per heavy atom. The molecule has 3 aromatic rings. The second kappa shape index (κ2) is 10.6. The van der Waals surface area contributed by atoms with Gasteiger partial charge in [0.1, 0.15) is 0 Å². The molecule has 136 valence electrons. The van der Waals surface area contributed by atoms with Gasteiger partial charge in [0.2, 0.25) is 0 Å². The lowest BCUT2D eigenvalue weighted by Crippen LogP contribution is -3.00. The largest absolute Gasteiger partial charge is 1.00 e. The zero-order chi connectivity index (χ0) is 16.8. The van der Waals surface area contributed by atoms with E-state index in [0.29, 0.717) is 0 Å². The van der Waals surface area contributed by atoms with E-state index in [1.165, 1.54) is 15.9 Å². The minimum atomic E-state index is -2.04. The first-order chi connectivity index (χ1) is 11.7. The molecule has 0 heterocycles. The molecule has 0 N–H and O–H groups in total. The van der Waals surface area contributed by atoms with Crippen molar-refractivity contribution in [2.45, 2.75) is 7.43 Å². The summed E-state index contributed by atoms with van der Waals surface area (Å²) >= 11 is 0. The molecule has 0 saturated carbocycles. The van der Waals surface area contributed by atoms with Crippen LogP contribution in [-0.2, 0) is 0 Å². The van der Waals surface area contributed by atoms with Crippen molar-refractivity contribution >= 4 is 31.5 Å². The zero-order valence-electron chi connectivity index (χ0n) is 14.3. The van der Waals surface area contributed by atoms with Gasteiger partial charge in [0.15, 0.2) is 0 Å². The van der Waals surface area contributed by atoms with Crippen LogP contribution in [-0.4, -0.2) is 18.8 Å². The molecule has 0 saturated heterocycles. The number of hydrogen-bond acceptors (Lipinski definition) is 0. The summed E-state index contributed by atoms with van der Waals surface area (Å²) in [6.45, 7) is 0. The van der Waals surface area contributed by atoms with Crippen molar-refractivity contribution in [1.82, 2.24) is 8.84 Å². The van der Waals surface area contributed by atoms with Gasteiger partial charge in [-0.15, -0.1) is 0 Å². The third-order valence-corrected chi connectivity index (χ3v) is 8.63. The summed E-state index contributed by atoms with van der Waals surface area (Å²) in [6.07, 6.45) is 0. The second-order valence-electron chi connectivity index (χ2n) is 5.67. The van der Waals surface area contributed by atoms with Crippen molar-refractivity contribution in [3.63, 3.8) is 0 Å². The number of halogens is 1. The molecule has 5 heteroatoms. The minimum Gasteiger partial charge on any atom is -1.00 e. The highest BCUT2D eigenvalue weighted by Gasteiger charge is 2.37. The molecule has 3 aromatic carbocycles. The molecular formula is C21H25BrN2P2. The molecule has 0 unspecified atom stereocenters. The van der Waals surface area contributed by atoms with Crippen molar-refractivity contribution in [2.75, 3.05) is 14.1 Å².